The summed E-state index contributed by atoms with van der Waals surface area (Å²) >= 11 is 6.33. The minimum absolute atomic E-state index is 0.313. The fourth-order valence-corrected chi connectivity index (χ4v) is 3.07. The summed E-state index contributed by atoms with van der Waals surface area (Å²) in [4.78, 5) is 8.50. The van der Waals surface area contributed by atoms with Gasteiger partial charge in [0.1, 0.15) is 5.75 Å². The van der Waals surface area contributed by atoms with E-state index >= 15 is 0 Å². The Morgan fingerprint density at radius 1 is 1.07 bits per heavy atom. The first-order chi connectivity index (χ1) is 13.7. The number of aromatic nitrogens is 2. The van der Waals surface area contributed by atoms with Crippen molar-refractivity contribution in [3.8, 4) is 23.8 Å². The van der Waals surface area contributed by atoms with Crippen LogP contribution in [-0.2, 0) is 6.42 Å². The van der Waals surface area contributed by atoms with Crippen molar-refractivity contribution in [2.75, 3.05) is 5.32 Å². The molecule has 4 rings (SSSR count). The summed E-state index contributed by atoms with van der Waals surface area (Å²) < 4.78 is 5.84. The summed E-state index contributed by atoms with van der Waals surface area (Å²) in [5.41, 5.74) is 3.75. The monoisotopic (exact) mass is 385 g/mol. The van der Waals surface area contributed by atoms with E-state index in [-0.39, 0.29) is 0 Å². The lowest BCUT2D eigenvalue weighted by atomic mass is 10.1. The second kappa shape index (κ2) is 7.40. The molecular weight excluding hydrogens is 374 g/mol. The number of hydrogen-bond acceptors (Lipinski definition) is 6. The molecule has 0 bridgehead atoms. The molecule has 1 heterocycles. The molecule has 0 radical (unpaired) electrons. The van der Waals surface area contributed by atoms with Crippen LogP contribution < -0.4 is 10.1 Å². The molecule has 28 heavy (non-hydrogen) atoms. The van der Waals surface area contributed by atoms with Crippen LogP contribution in [0.4, 0.5) is 11.6 Å². The summed E-state index contributed by atoms with van der Waals surface area (Å²) in [6, 6.07) is 16.4. The van der Waals surface area contributed by atoms with Crippen molar-refractivity contribution >= 4 is 28.8 Å². The summed E-state index contributed by atoms with van der Waals surface area (Å²) in [6.45, 7) is 0. The normalized spacial score (nSPS) is 11.8. The van der Waals surface area contributed by atoms with E-state index in [4.69, 9.17) is 21.6 Å². The maximum atomic E-state index is 9.23. The Morgan fingerprint density at radius 2 is 1.89 bits per heavy atom. The van der Waals surface area contributed by atoms with Gasteiger partial charge in [0.25, 0.3) is 0 Å². The molecule has 7 heteroatoms. The fraction of sp³-hybridized carbons (Fsp3) is 0.0476. The highest BCUT2D eigenvalue weighted by molar-refractivity contribution is 6.32. The van der Waals surface area contributed by atoms with Gasteiger partial charge in [-0.15, -0.1) is 0 Å². The Labute approximate surface area is 166 Å². The first kappa shape index (κ1) is 17.5. The summed E-state index contributed by atoms with van der Waals surface area (Å²) in [7, 11) is 0. The molecule has 1 N–H and O–H groups in total. The van der Waals surface area contributed by atoms with E-state index in [0.29, 0.717) is 40.2 Å². The van der Waals surface area contributed by atoms with Crippen molar-refractivity contribution in [1.29, 1.82) is 10.5 Å². The predicted octanol–water partition coefficient (Wildman–Crippen LogP) is 5.00. The smallest absolute Gasteiger partial charge is 0.230 e. The van der Waals surface area contributed by atoms with Crippen molar-refractivity contribution in [2.45, 2.75) is 6.42 Å². The second-order valence-corrected chi connectivity index (χ2v) is 6.42. The third-order valence-electron chi connectivity index (χ3n) is 4.21. The third kappa shape index (κ3) is 3.50. The molecule has 134 valence electrons. The van der Waals surface area contributed by atoms with E-state index in [2.05, 4.69) is 27.4 Å². The number of ether oxygens (including phenoxy) is 1. The Hall–Kier alpha value is -3.87. The standard InChI is InChI=1S/C21H12ClN5O/c22-18-9-14-3-4-15(12-24)17(14)10-19(18)28-20-7-8-25-21(27-20)26-16-5-1-13(11-23)2-6-16/h1-2,4-10H,3H2,(H,25,26,27). The molecule has 0 atom stereocenters. The van der Waals surface area contributed by atoms with Crippen LogP contribution in [0.5, 0.6) is 11.6 Å². The third-order valence-corrected chi connectivity index (χ3v) is 4.50. The van der Waals surface area contributed by atoms with Gasteiger partial charge in [-0.05, 0) is 53.9 Å². The summed E-state index contributed by atoms with van der Waals surface area (Å²) in [5.74, 6) is 1.08. The molecule has 6 nitrogen and oxygen atoms in total. The maximum Gasteiger partial charge on any atom is 0.230 e. The number of fused-ring (bicyclic) bond motifs is 1. The molecule has 1 aliphatic carbocycles. The Bertz CT molecular complexity index is 1170. The molecule has 0 fully saturated rings. The second-order valence-electron chi connectivity index (χ2n) is 6.01. The quantitative estimate of drug-likeness (QED) is 0.679. The molecule has 2 aromatic carbocycles. The summed E-state index contributed by atoms with van der Waals surface area (Å²) in [6.07, 6.45) is 4.12. The van der Waals surface area contributed by atoms with E-state index in [1.54, 1.807) is 42.6 Å². The van der Waals surface area contributed by atoms with Gasteiger partial charge in [0, 0.05) is 18.0 Å². The molecule has 0 saturated heterocycles. The Balaban J connectivity index is 1.56. The van der Waals surface area contributed by atoms with Crippen LogP contribution in [0.3, 0.4) is 0 Å². The zero-order valence-electron chi connectivity index (χ0n) is 14.5. The van der Waals surface area contributed by atoms with Crippen LogP contribution in [-0.4, -0.2) is 9.97 Å². The maximum absolute atomic E-state index is 9.23. The highest BCUT2D eigenvalue weighted by Gasteiger charge is 2.18. The molecular formula is C21H12ClN5O. The van der Waals surface area contributed by atoms with Gasteiger partial charge in [-0.2, -0.15) is 15.5 Å². The van der Waals surface area contributed by atoms with Gasteiger partial charge >= 0.3 is 0 Å². The van der Waals surface area contributed by atoms with E-state index < -0.39 is 0 Å². The number of halogens is 1. The van der Waals surface area contributed by atoms with Gasteiger partial charge in [-0.3, -0.25) is 0 Å². The number of nitrogens with zero attached hydrogens (tertiary/aromatic N) is 4. The predicted molar refractivity (Wildman–Crippen MR) is 105 cm³/mol. The molecule has 0 unspecified atom stereocenters. The average molecular weight is 386 g/mol. The van der Waals surface area contributed by atoms with Gasteiger partial charge in [0.15, 0.2) is 0 Å². The molecule has 0 amide bonds. The number of nitriles is 2. The van der Waals surface area contributed by atoms with Crippen molar-refractivity contribution in [3.63, 3.8) is 0 Å². The topological polar surface area (TPSA) is 94.6 Å². The molecule has 0 saturated carbocycles. The largest absolute Gasteiger partial charge is 0.437 e. The van der Waals surface area contributed by atoms with Crippen molar-refractivity contribution in [1.82, 2.24) is 9.97 Å². The molecule has 1 aliphatic rings. The fourth-order valence-electron chi connectivity index (χ4n) is 2.85. The number of hydrogen-bond donors (Lipinski definition) is 1. The van der Waals surface area contributed by atoms with Gasteiger partial charge in [0.2, 0.25) is 11.8 Å². The van der Waals surface area contributed by atoms with Crippen LogP contribution in [0.25, 0.3) is 5.57 Å². The lowest BCUT2D eigenvalue weighted by molar-refractivity contribution is 0.462. The summed E-state index contributed by atoms with van der Waals surface area (Å²) in [5, 5.41) is 21.6. The van der Waals surface area contributed by atoms with E-state index in [0.717, 1.165) is 16.8 Å². The van der Waals surface area contributed by atoms with Crippen molar-refractivity contribution < 1.29 is 4.74 Å². The average Bonchev–Trinajstić information content (AvgIpc) is 3.11. The zero-order valence-corrected chi connectivity index (χ0v) is 15.2. The van der Waals surface area contributed by atoms with E-state index in [1.807, 2.05) is 12.1 Å². The first-order valence-corrected chi connectivity index (χ1v) is 8.75. The van der Waals surface area contributed by atoms with Gasteiger partial charge in [0.05, 0.1) is 28.3 Å². The lowest BCUT2D eigenvalue weighted by Gasteiger charge is -2.11. The van der Waals surface area contributed by atoms with Gasteiger partial charge in [-0.25, -0.2) is 4.98 Å². The van der Waals surface area contributed by atoms with Crippen LogP contribution >= 0.6 is 11.6 Å². The van der Waals surface area contributed by atoms with E-state index in [1.165, 1.54) is 0 Å². The Morgan fingerprint density at radius 3 is 2.64 bits per heavy atom. The highest BCUT2D eigenvalue weighted by atomic mass is 35.5. The number of allylic oxidation sites excluding steroid dienone is 2. The minimum atomic E-state index is 0.313. The zero-order chi connectivity index (χ0) is 19.5. The van der Waals surface area contributed by atoms with Crippen molar-refractivity contribution in [2.24, 2.45) is 0 Å². The number of anilines is 2. The van der Waals surface area contributed by atoms with Gasteiger partial charge in [-0.1, -0.05) is 17.7 Å². The van der Waals surface area contributed by atoms with E-state index in [9.17, 15) is 5.26 Å². The molecule has 0 aliphatic heterocycles. The SMILES string of the molecule is N#CC1=CCc2cc(Cl)c(Oc3ccnc(Nc4ccc(C#N)cc4)n3)cc21. The molecule has 3 aromatic rings. The van der Waals surface area contributed by atoms with Crippen LogP contribution in [0.1, 0.15) is 16.7 Å². The van der Waals surface area contributed by atoms with Gasteiger partial charge < -0.3 is 10.1 Å². The number of rotatable bonds is 4. The number of benzene rings is 2. The Kier molecular flexibility index (Phi) is 4.63. The van der Waals surface area contributed by atoms with Crippen LogP contribution in [0.15, 0.2) is 54.7 Å². The van der Waals surface area contributed by atoms with Crippen molar-refractivity contribution in [3.05, 3.63) is 76.5 Å². The number of nitrogens with one attached hydrogen (secondary N) is 1. The molecule has 1 aromatic heterocycles. The minimum Gasteiger partial charge on any atom is -0.437 e. The lowest BCUT2D eigenvalue weighted by Crippen LogP contribution is -1.99. The first-order valence-electron chi connectivity index (χ1n) is 8.37. The van der Waals surface area contributed by atoms with Crippen LogP contribution in [0, 0.1) is 22.7 Å². The molecule has 0 spiro atoms. The van der Waals surface area contributed by atoms with Crippen LogP contribution in [0.2, 0.25) is 5.02 Å². The highest BCUT2D eigenvalue weighted by Crippen LogP contribution is 2.37.